The van der Waals surface area contributed by atoms with Crippen molar-refractivity contribution >= 4 is 5.69 Å². The van der Waals surface area contributed by atoms with Crippen molar-refractivity contribution in [2.45, 2.75) is 50.3 Å². The molecule has 0 aromatic heterocycles. The van der Waals surface area contributed by atoms with E-state index in [1.165, 1.54) is 12.8 Å². The van der Waals surface area contributed by atoms with Gasteiger partial charge in [-0.15, -0.1) is 0 Å². The van der Waals surface area contributed by atoms with E-state index in [9.17, 15) is 5.11 Å². The van der Waals surface area contributed by atoms with Gasteiger partial charge in [-0.3, -0.25) is 4.90 Å². The lowest BCUT2D eigenvalue weighted by atomic mass is 10.00. The Kier molecular flexibility index (Phi) is 4.13. The highest BCUT2D eigenvalue weighted by Gasteiger charge is 2.39. The van der Waals surface area contributed by atoms with E-state index in [1.807, 2.05) is 24.3 Å². The van der Waals surface area contributed by atoms with Crippen molar-refractivity contribution in [3.05, 3.63) is 24.3 Å². The Hall–Kier alpha value is -1.26. The molecule has 2 heterocycles. The van der Waals surface area contributed by atoms with Crippen LogP contribution in [0.15, 0.2) is 24.3 Å². The van der Waals surface area contributed by atoms with E-state index in [0.29, 0.717) is 12.1 Å². The van der Waals surface area contributed by atoms with Gasteiger partial charge in [0.1, 0.15) is 5.75 Å². The van der Waals surface area contributed by atoms with E-state index in [0.717, 1.165) is 43.9 Å². The summed E-state index contributed by atoms with van der Waals surface area (Å²) in [6.45, 7) is 1.80. The molecular formula is C16H24N2O2. The molecule has 1 aromatic rings. The molecule has 4 heteroatoms. The molecule has 20 heavy (non-hydrogen) atoms. The number of hydrogen-bond donors (Lipinski definition) is 2. The SMILES string of the molecule is Nc1cccc(OCCCN2C3CCC2CC(O)C3)c1. The van der Waals surface area contributed by atoms with Crippen molar-refractivity contribution in [1.82, 2.24) is 4.90 Å². The summed E-state index contributed by atoms with van der Waals surface area (Å²) in [5.41, 5.74) is 6.47. The third-order valence-electron chi connectivity index (χ3n) is 4.55. The van der Waals surface area contributed by atoms with Gasteiger partial charge in [0.2, 0.25) is 0 Å². The fraction of sp³-hybridized carbons (Fsp3) is 0.625. The Morgan fingerprint density at radius 1 is 1.25 bits per heavy atom. The first-order chi connectivity index (χ1) is 9.72. The number of nitrogen functional groups attached to an aromatic ring is 1. The Bertz CT molecular complexity index is 438. The highest BCUT2D eigenvalue weighted by atomic mass is 16.5. The quantitative estimate of drug-likeness (QED) is 0.638. The number of anilines is 1. The molecule has 4 nitrogen and oxygen atoms in total. The average Bonchev–Trinajstić information content (AvgIpc) is 2.66. The van der Waals surface area contributed by atoms with Crippen LogP contribution >= 0.6 is 0 Å². The maximum Gasteiger partial charge on any atom is 0.121 e. The number of rotatable bonds is 5. The van der Waals surface area contributed by atoms with Crippen LogP contribution in [0.4, 0.5) is 5.69 Å². The molecular weight excluding hydrogens is 252 g/mol. The van der Waals surface area contributed by atoms with Crippen molar-refractivity contribution < 1.29 is 9.84 Å². The fourth-order valence-electron chi connectivity index (χ4n) is 3.65. The van der Waals surface area contributed by atoms with Gasteiger partial charge in [0.15, 0.2) is 0 Å². The topological polar surface area (TPSA) is 58.7 Å². The zero-order valence-corrected chi connectivity index (χ0v) is 11.9. The van der Waals surface area contributed by atoms with Crippen molar-refractivity contribution in [3.8, 4) is 5.75 Å². The van der Waals surface area contributed by atoms with Crippen molar-refractivity contribution in [2.24, 2.45) is 0 Å². The Labute approximate surface area is 120 Å². The van der Waals surface area contributed by atoms with Crippen LogP contribution in [0.5, 0.6) is 5.75 Å². The van der Waals surface area contributed by atoms with Crippen molar-refractivity contribution in [2.75, 3.05) is 18.9 Å². The number of aliphatic hydroxyl groups excluding tert-OH is 1. The van der Waals surface area contributed by atoms with Gasteiger partial charge in [-0.05, 0) is 44.2 Å². The standard InChI is InChI=1S/C16H24N2O2/c17-12-3-1-4-16(9-12)20-8-2-7-18-13-5-6-14(18)11-15(19)10-13/h1,3-4,9,13-15,19H,2,5-8,10-11,17H2. The molecule has 0 saturated carbocycles. The van der Waals surface area contributed by atoms with Gasteiger partial charge in [0.25, 0.3) is 0 Å². The van der Waals surface area contributed by atoms with E-state index >= 15 is 0 Å². The van der Waals surface area contributed by atoms with Crippen LogP contribution in [-0.4, -0.2) is 41.3 Å². The first-order valence-corrected chi connectivity index (χ1v) is 7.64. The third kappa shape index (κ3) is 3.07. The Balaban J connectivity index is 1.42. The summed E-state index contributed by atoms with van der Waals surface area (Å²) in [6.07, 6.45) is 5.35. The van der Waals surface area contributed by atoms with Crippen LogP contribution in [0.25, 0.3) is 0 Å². The van der Waals surface area contributed by atoms with Gasteiger partial charge in [-0.1, -0.05) is 6.07 Å². The van der Waals surface area contributed by atoms with Crippen LogP contribution in [-0.2, 0) is 0 Å². The molecule has 3 N–H and O–H groups in total. The minimum Gasteiger partial charge on any atom is -0.493 e. The molecule has 110 valence electrons. The van der Waals surface area contributed by atoms with Gasteiger partial charge < -0.3 is 15.6 Å². The Morgan fingerprint density at radius 3 is 2.70 bits per heavy atom. The Morgan fingerprint density at radius 2 is 2.00 bits per heavy atom. The lowest BCUT2D eigenvalue weighted by Gasteiger charge is -2.37. The second-order valence-corrected chi connectivity index (χ2v) is 6.02. The number of hydrogen-bond acceptors (Lipinski definition) is 4. The number of benzene rings is 1. The maximum atomic E-state index is 9.79. The van der Waals surface area contributed by atoms with E-state index in [4.69, 9.17) is 10.5 Å². The summed E-state index contributed by atoms with van der Waals surface area (Å²) in [4.78, 5) is 2.58. The van der Waals surface area contributed by atoms with Gasteiger partial charge in [-0.2, -0.15) is 0 Å². The van der Waals surface area contributed by atoms with Crippen LogP contribution in [0.2, 0.25) is 0 Å². The van der Waals surface area contributed by atoms with Gasteiger partial charge in [-0.25, -0.2) is 0 Å². The van der Waals surface area contributed by atoms with Gasteiger partial charge >= 0.3 is 0 Å². The van der Waals surface area contributed by atoms with E-state index in [2.05, 4.69) is 4.90 Å². The molecule has 2 atom stereocenters. The summed E-state index contributed by atoms with van der Waals surface area (Å²) in [5.74, 6) is 0.849. The minimum atomic E-state index is -0.0766. The molecule has 2 unspecified atom stereocenters. The van der Waals surface area contributed by atoms with E-state index in [-0.39, 0.29) is 6.10 Å². The fourth-order valence-corrected chi connectivity index (χ4v) is 3.65. The van der Waals surface area contributed by atoms with Crippen LogP contribution in [0.3, 0.4) is 0 Å². The minimum absolute atomic E-state index is 0.0766. The molecule has 2 saturated heterocycles. The molecule has 2 aliphatic heterocycles. The number of nitrogens with zero attached hydrogens (tertiary/aromatic N) is 1. The van der Waals surface area contributed by atoms with Gasteiger partial charge in [0.05, 0.1) is 12.7 Å². The normalized spacial score (nSPS) is 29.6. The summed E-state index contributed by atoms with van der Waals surface area (Å²) in [7, 11) is 0. The smallest absolute Gasteiger partial charge is 0.121 e. The number of fused-ring (bicyclic) bond motifs is 2. The largest absolute Gasteiger partial charge is 0.493 e. The van der Waals surface area contributed by atoms with Gasteiger partial charge in [0, 0.05) is 30.4 Å². The lowest BCUT2D eigenvalue weighted by Crippen LogP contribution is -2.45. The third-order valence-corrected chi connectivity index (χ3v) is 4.55. The summed E-state index contributed by atoms with van der Waals surface area (Å²) in [5, 5.41) is 9.79. The molecule has 0 aliphatic carbocycles. The summed E-state index contributed by atoms with van der Waals surface area (Å²) in [6, 6.07) is 8.77. The zero-order valence-electron chi connectivity index (χ0n) is 11.9. The predicted molar refractivity (Wildman–Crippen MR) is 79.7 cm³/mol. The molecule has 0 amide bonds. The lowest BCUT2D eigenvalue weighted by molar-refractivity contribution is 0.0331. The van der Waals surface area contributed by atoms with Crippen LogP contribution in [0.1, 0.15) is 32.1 Å². The number of nitrogens with two attached hydrogens (primary N) is 1. The number of ether oxygens (including phenoxy) is 1. The average molecular weight is 276 g/mol. The van der Waals surface area contributed by atoms with Crippen molar-refractivity contribution in [3.63, 3.8) is 0 Å². The summed E-state index contributed by atoms with van der Waals surface area (Å²) < 4.78 is 5.73. The van der Waals surface area contributed by atoms with Crippen LogP contribution in [0, 0.1) is 0 Å². The first kappa shape index (κ1) is 13.7. The molecule has 2 aliphatic rings. The summed E-state index contributed by atoms with van der Waals surface area (Å²) >= 11 is 0. The molecule has 0 radical (unpaired) electrons. The molecule has 3 rings (SSSR count). The monoisotopic (exact) mass is 276 g/mol. The number of aliphatic hydroxyl groups is 1. The highest BCUT2D eigenvalue weighted by molar-refractivity contribution is 5.43. The van der Waals surface area contributed by atoms with Crippen molar-refractivity contribution in [1.29, 1.82) is 0 Å². The highest BCUT2D eigenvalue weighted by Crippen LogP contribution is 2.35. The molecule has 1 aromatic carbocycles. The van der Waals surface area contributed by atoms with E-state index in [1.54, 1.807) is 0 Å². The van der Waals surface area contributed by atoms with Crippen LogP contribution < -0.4 is 10.5 Å². The molecule has 2 bridgehead atoms. The molecule has 0 spiro atoms. The first-order valence-electron chi connectivity index (χ1n) is 7.64. The predicted octanol–water partition coefficient (Wildman–Crippen LogP) is 2.03. The molecule has 2 fully saturated rings. The maximum absolute atomic E-state index is 9.79. The second-order valence-electron chi connectivity index (χ2n) is 6.02. The number of piperidine rings is 1. The second kappa shape index (κ2) is 6.02. The zero-order chi connectivity index (χ0) is 13.9. The van der Waals surface area contributed by atoms with E-state index < -0.39 is 0 Å².